The number of H-pyrrole nitrogens is 2. The van der Waals surface area contributed by atoms with E-state index in [1.54, 1.807) is 17.9 Å². The number of carbonyl (C=O) groups excluding carboxylic acids is 2. The van der Waals surface area contributed by atoms with Crippen molar-refractivity contribution in [1.82, 2.24) is 20.2 Å². The Morgan fingerprint density at radius 3 is 2.60 bits per heavy atom. The number of para-hydroxylation sites is 1. The number of nitrogens with one attached hydrogen (secondary N) is 3. The van der Waals surface area contributed by atoms with Crippen molar-refractivity contribution in [3.63, 3.8) is 0 Å². The number of benzene rings is 1. The van der Waals surface area contributed by atoms with Crippen LogP contribution in [0.25, 0.3) is 10.9 Å². The lowest BCUT2D eigenvalue weighted by atomic mass is 9.86. The molecule has 30 heavy (non-hydrogen) atoms. The van der Waals surface area contributed by atoms with Gasteiger partial charge in [-0.25, -0.2) is 0 Å². The van der Waals surface area contributed by atoms with Gasteiger partial charge < -0.3 is 25.3 Å². The molecule has 7 nitrogen and oxygen atoms in total. The first-order valence-electron chi connectivity index (χ1n) is 10.3. The van der Waals surface area contributed by atoms with Gasteiger partial charge in [-0.1, -0.05) is 32.0 Å². The molecular weight excluding hydrogens is 380 g/mol. The number of aliphatic hydroxyl groups is 1. The minimum Gasteiger partial charge on any atom is -0.384 e. The number of β-amino-alcohol motifs (C(OH)–C–C–N with tert-alkyl or cyclic N) is 1. The summed E-state index contributed by atoms with van der Waals surface area (Å²) in [4.78, 5) is 33.0. The first kappa shape index (κ1) is 20.2. The molecule has 0 aliphatic carbocycles. The number of likely N-dealkylation sites (tertiary alicyclic amines) is 1. The summed E-state index contributed by atoms with van der Waals surface area (Å²) >= 11 is 0. The van der Waals surface area contributed by atoms with Crippen LogP contribution in [0.3, 0.4) is 0 Å². The zero-order valence-corrected chi connectivity index (χ0v) is 17.5. The van der Waals surface area contributed by atoms with Gasteiger partial charge in [-0.2, -0.15) is 0 Å². The average molecular weight is 409 g/mol. The molecule has 2 aromatic heterocycles. The fourth-order valence-corrected chi connectivity index (χ4v) is 3.96. The fraction of sp³-hybridized carbons (Fsp3) is 0.391. The fourth-order valence-electron chi connectivity index (χ4n) is 3.96. The first-order valence-corrected chi connectivity index (χ1v) is 10.3. The molecular formula is C23H28N4O3. The Morgan fingerprint density at radius 1 is 1.17 bits per heavy atom. The van der Waals surface area contributed by atoms with Gasteiger partial charge in [0, 0.05) is 17.1 Å². The van der Waals surface area contributed by atoms with E-state index in [0.29, 0.717) is 17.3 Å². The van der Waals surface area contributed by atoms with E-state index in [0.717, 1.165) is 22.9 Å². The monoisotopic (exact) mass is 408 g/mol. The van der Waals surface area contributed by atoms with Crippen LogP contribution in [-0.2, 0) is 6.42 Å². The van der Waals surface area contributed by atoms with E-state index in [4.69, 9.17) is 0 Å². The molecule has 7 heteroatoms. The number of aromatic amines is 2. The van der Waals surface area contributed by atoms with Crippen LogP contribution >= 0.6 is 0 Å². The average Bonchev–Trinajstić information content (AvgIpc) is 3.31. The van der Waals surface area contributed by atoms with Gasteiger partial charge in [-0.3, -0.25) is 9.59 Å². The third-order valence-corrected chi connectivity index (χ3v) is 5.76. The van der Waals surface area contributed by atoms with Gasteiger partial charge >= 0.3 is 0 Å². The Hall–Kier alpha value is -3.06. The van der Waals surface area contributed by atoms with E-state index in [-0.39, 0.29) is 24.9 Å². The molecule has 1 aromatic carbocycles. The quantitative estimate of drug-likeness (QED) is 0.504. The second kappa shape index (κ2) is 7.65. The van der Waals surface area contributed by atoms with Crippen LogP contribution in [0.2, 0.25) is 0 Å². The molecule has 1 aliphatic heterocycles. The van der Waals surface area contributed by atoms with Crippen LogP contribution < -0.4 is 5.32 Å². The van der Waals surface area contributed by atoms with Crippen molar-refractivity contribution in [2.24, 2.45) is 5.92 Å². The van der Waals surface area contributed by atoms with Crippen molar-refractivity contribution in [2.75, 3.05) is 13.1 Å². The third kappa shape index (κ3) is 3.85. The highest BCUT2D eigenvalue weighted by Crippen LogP contribution is 2.27. The van der Waals surface area contributed by atoms with Crippen molar-refractivity contribution in [1.29, 1.82) is 0 Å². The minimum atomic E-state index is -1.15. The number of amides is 2. The van der Waals surface area contributed by atoms with E-state index in [1.807, 2.05) is 36.5 Å². The molecule has 4 N–H and O–H groups in total. The van der Waals surface area contributed by atoms with Crippen molar-refractivity contribution in [2.45, 2.75) is 38.8 Å². The van der Waals surface area contributed by atoms with E-state index < -0.39 is 11.6 Å². The molecule has 0 saturated carbocycles. The van der Waals surface area contributed by atoms with Gasteiger partial charge in [0.25, 0.3) is 11.8 Å². The van der Waals surface area contributed by atoms with Gasteiger partial charge in [-0.15, -0.1) is 0 Å². The molecule has 1 atom stereocenters. The van der Waals surface area contributed by atoms with Gasteiger partial charge in [0.15, 0.2) is 0 Å². The molecule has 2 amide bonds. The first-order chi connectivity index (χ1) is 14.2. The SMILES string of the molecule is CC(C)Cc1c[nH]c(C(=O)N2CC(O)(C(C)NC(=O)c3cc4ccccc4[nH]3)C2)c1. The summed E-state index contributed by atoms with van der Waals surface area (Å²) in [5.74, 6) is 0.1000. The van der Waals surface area contributed by atoms with E-state index in [2.05, 4.69) is 29.1 Å². The zero-order valence-electron chi connectivity index (χ0n) is 17.5. The summed E-state index contributed by atoms with van der Waals surface area (Å²) in [5, 5.41) is 14.7. The van der Waals surface area contributed by atoms with Crippen LogP contribution in [0.5, 0.6) is 0 Å². The number of hydrogen-bond acceptors (Lipinski definition) is 3. The Balaban J connectivity index is 1.35. The second-order valence-corrected chi connectivity index (χ2v) is 8.75. The van der Waals surface area contributed by atoms with Crippen LogP contribution in [0.4, 0.5) is 0 Å². The Kier molecular flexibility index (Phi) is 5.15. The Bertz CT molecular complexity index is 1040. The van der Waals surface area contributed by atoms with Crippen molar-refractivity contribution in [3.05, 3.63) is 59.5 Å². The number of carbonyl (C=O) groups is 2. The lowest BCUT2D eigenvalue weighted by Crippen LogP contribution is -2.71. The summed E-state index contributed by atoms with van der Waals surface area (Å²) in [6, 6.07) is 10.8. The number of hydrogen-bond donors (Lipinski definition) is 4. The summed E-state index contributed by atoms with van der Waals surface area (Å²) in [7, 11) is 0. The molecule has 0 bridgehead atoms. The molecule has 1 aliphatic rings. The van der Waals surface area contributed by atoms with E-state index in [1.165, 1.54) is 0 Å². The van der Waals surface area contributed by atoms with Gasteiger partial charge in [0.05, 0.1) is 19.1 Å². The zero-order chi connectivity index (χ0) is 21.5. The van der Waals surface area contributed by atoms with Crippen molar-refractivity contribution >= 4 is 22.7 Å². The Labute approximate surface area is 175 Å². The van der Waals surface area contributed by atoms with Gasteiger partial charge in [0.2, 0.25) is 0 Å². The standard InChI is InChI=1S/C23H28N4O3/c1-14(2)8-16-9-20(24-11-16)22(29)27-12-23(30,13-27)15(3)25-21(28)19-10-17-6-4-5-7-18(17)26-19/h4-7,9-11,14-15,24,26,30H,8,12-13H2,1-3H3,(H,25,28). The van der Waals surface area contributed by atoms with E-state index in [9.17, 15) is 14.7 Å². The molecule has 4 rings (SSSR count). The molecule has 0 spiro atoms. The maximum atomic E-state index is 12.7. The normalized spacial score (nSPS) is 16.5. The highest BCUT2D eigenvalue weighted by molar-refractivity contribution is 5.98. The molecule has 0 radical (unpaired) electrons. The van der Waals surface area contributed by atoms with E-state index >= 15 is 0 Å². The number of nitrogens with zero attached hydrogens (tertiary/aromatic N) is 1. The lowest BCUT2D eigenvalue weighted by Gasteiger charge is -2.49. The summed E-state index contributed by atoms with van der Waals surface area (Å²) in [5.41, 5.74) is 1.82. The number of aromatic nitrogens is 2. The summed E-state index contributed by atoms with van der Waals surface area (Å²) < 4.78 is 0. The highest BCUT2D eigenvalue weighted by Gasteiger charge is 2.48. The molecule has 1 unspecified atom stereocenters. The topological polar surface area (TPSA) is 101 Å². The molecule has 1 fully saturated rings. The predicted molar refractivity (Wildman–Crippen MR) is 115 cm³/mol. The number of rotatable bonds is 6. The maximum absolute atomic E-state index is 12.7. The predicted octanol–water partition coefficient (Wildman–Crippen LogP) is 2.70. The lowest BCUT2D eigenvalue weighted by molar-refractivity contribution is -0.0985. The molecule has 158 valence electrons. The second-order valence-electron chi connectivity index (χ2n) is 8.75. The minimum absolute atomic E-state index is 0.135. The molecule has 3 heterocycles. The summed E-state index contributed by atoms with van der Waals surface area (Å²) in [6.07, 6.45) is 2.77. The number of fused-ring (bicyclic) bond motifs is 1. The Morgan fingerprint density at radius 2 is 1.90 bits per heavy atom. The smallest absolute Gasteiger partial charge is 0.270 e. The van der Waals surface area contributed by atoms with Crippen LogP contribution in [0.15, 0.2) is 42.6 Å². The van der Waals surface area contributed by atoms with Crippen LogP contribution in [0.1, 0.15) is 47.3 Å². The largest absolute Gasteiger partial charge is 0.384 e. The van der Waals surface area contributed by atoms with Gasteiger partial charge in [-0.05, 0) is 43.0 Å². The van der Waals surface area contributed by atoms with Crippen molar-refractivity contribution in [3.8, 4) is 0 Å². The molecule has 1 saturated heterocycles. The van der Waals surface area contributed by atoms with Crippen LogP contribution in [-0.4, -0.2) is 56.5 Å². The van der Waals surface area contributed by atoms with Crippen LogP contribution in [0, 0.1) is 5.92 Å². The van der Waals surface area contributed by atoms with Gasteiger partial charge in [0.1, 0.15) is 17.0 Å². The summed E-state index contributed by atoms with van der Waals surface area (Å²) in [6.45, 7) is 6.39. The third-order valence-electron chi connectivity index (χ3n) is 5.76. The molecule has 3 aromatic rings. The maximum Gasteiger partial charge on any atom is 0.270 e. The highest BCUT2D eigenvalue weighted by atomic mass is 16.3. The van der Waals surface area contributed by atoms with Crippen molar-refractivity contribution < 1.29 is 14.7 Å².